The molecule has 0 fully saturated rings. The molecule has 2 aromatic carbocycles. The van der Waals surface area contributed by atoms with E-state index in [1.54, 1.807) is 4.90 Å². The number of benzene rings is 2. The first-order valence-corrected chi connectivity index (χ1v) is 10.5. The number of nitriles is 1. The highest BCUT2D eigenvalue weighted by molar-refractivity contribution is 6.30. The molecule has 3 aromatic rings. The number of aryl methyl sites for hydroxylation is 1. The number of aromatic nitrogens is 2. The lowest BCUT2D eigenvalue weighted by Gasteiger charge is -2.22. The standard InChI is InChI=1S/C24H25ClN4O2/c1-4-31-22-12-10-20(11-13-22)28(15-5-14-26)24(30)16-23-17(2)27-29(18(23)3)21-8-6-19(25)7-9-21/h6-13H,4-5,15-16H2,1-3H3. The number of anilines is 1. The first-order chi connectivity index (χ1) is 14.9. The summed E-state index contributed by atoms with van der Waals surface area (Å²) in [6.45, 7) is 6.68. The fourth-order valence-corrected chi connectivity index (χ4v) is 3.59. The summed E-state index contributed by atoms with van der Waals surface area (Å²) in [5, 5.41) is 14.3. The predicted molar refractivity (Wildman–Crippen MR) is 122 cm³/mol. The van der Waals surface area contributed by atoms with E-state index >= 15 is 0 Å². The Morgan fingerprint density at radius 1 is 1.16 bits per heavy atom. The minimum Gasteiger partial charge on any atom is -0.494 e. The molecule has 6 nitrogen and oxygen atoms in total. The van der Waals surface area contributed by atoms with Gasteiger partial charge in [-0.05, 0) is 69.3 Å². The van der Waals surface area contributed by atoms with Gasteiger partial charge in [-0.2, -0.15) is 10.4 Å². The number of carbonyl (C=O) groups excluding carboxylic acids is 1. The zero-order valence-electron chi connectivity index (χ0n) is 17.9. The number of hydrogen-bond donors (Lipinski definition) is 0. The number of carbonyl (C=O) groups is 1. The Bertz CT molecular complexity index is 1080. The zero-order chi connectivity index (χ0) is 22.4. The minimum absolute atomic E-state index is 0.0822. The van der Waals surface area contributed by atoms with Crippen LogP contribution in [0.1, 0.15) is 30.3 Å². The lowest BCUT2D eigenvalue weighted by molar-refractivity contribution is -0.118. The van der Waals surface area contributed by atoms with E-state index in [9.17, 15) is 4.79 Å². The van der Waals surface area contributed by atoms with Crippen molar-refractivity contribution in [1.82, 2.24) is 9.78 Å². The molecule has 0 bridgehead atoms. The van der Waals surface area contributed by atoms with Crippen molar-refractivity contribution in [2.24, 2.45) is 0 Å². The molecule has 1 heterocycles. The third kappa shape index (κ3) is 5.25. The van der Waals surface area contributed by atoms with Gasteiger partial charge in [0.1, 0.15) is 5.75 Å². The molecule has 0 aliphatic rings. The van der Waals surface area contributed by atoms with E-state index in [1.165, 1.54) is 0 Å². The summed E-state index contributed by atoms with van der Waals surface area (Å²) in [7, 11) is 0. The molecule has 0 spiro atoms. The Morgan fingerprint density at radius 2 is 1.84 bits per heavy atom. The lowest BCUT2D eigenvalue weighted by atomic mass is 10.1. The number of halogens is 1. The normalized spacial score (nSPS) is 10.5. The molecular formula is C24H25ClN4O2. The third-order valence-electron chi connectivity index (χ3n) is 5.05. The molecule has 160 valence electrons. The Labute approximate surface area is 187 Å². The van der Waals surface area contributed by atoms with Crippen LogP contribution in [-0.2, 0) is 11.2 Å². The van der Waals surface area contributed by atoms with Crippen LogP contribution >= 0.6 is 11.6 Å². The van der Waals surface area contributed by atoms with Crippen LogP contribution in [-0.4, -0.2) is 28.8 Å². The van der Waals surface area contributed by atoms with Crippen molar-refractivity contribution in [3.63, 3.8) is 0 Å². The van der Waals surface area contributed by atoms with E-state index in [4.69, 9.17) is 21.6 Å². The van der Waals surface area contributed by atoms with Crippen molar-refractivity contribution < 1.29 is 9.53 Å². The van der Waals surface area contributed by atoms with Gasteiger partial charge >= 0.3 is 0 Å². The summed E-state index contributed by atoms with van der Waals surface area (Å²) in [4.78, 5) is 14.9. The number of rotatable bonds is 8. The highest BCUT2D eigenvalue weighted by Gasteiger charge is 2.21. The highest BCUT2D eigenvalue weighted by Crippen LogP contribution is 2.24. The molecule has 1 amide bonds. The smallest absolute Gasteiger partial charge is 0.231 e. The van der Waals surface area contributed by atoms with Crippen LogP contribution in [0.3, 0.4) is 0 Å². The Hall–Kier alpha value is -3.30. The molecule has 0 aliphatic carbocycles. The van der Waals surface area contributed by atoms with Crippen molar-refractivity contribution in [2.45, 2.75) is 33.6 Å². The van der Waals surface area contributed by atoms with Gasteiger partial charge in [0, 0.05) is 28.5 Å². The summed E-state index contributed by atoms with van der Waals surface area (Å²) >= 11 is 6.00. The number of hydrogen-bond acceptors (Lipinski definition) is 4. The van der Waals surface area contributed by atoms with Gasteiger partial charge in [0.25, 0.3) is 0 Å². The van der Waals surface area contributed by atoms with Crippen LogP contribution in [0, 0.1) is 25.2 Å². The second-order valence-electron chi connectivity index (χ2n) is 7.09. The molecule has 0 aliphatic heterocycles. The summed E-state index contributed by atoms with van der Waals surface area (Å²) in [5.41, 5.74) is 4.21. The highest BCUT2D eigenvalue weighted by atomic mass is 35.5. The third-order valence-corrected chi connectivity index (χ3v) is 5.30. The molecule has 0 saturated heterocycles. The molecule has 1 aromatic heterocycles. The molecule has 31 heavy (non-hydrogen) atoms. The van der Waals surface area contributed by atoms with E-state index in [-0.39, 0.29) is 18.7 Å². The SMILES string of the molecule is CCOc1ccc(N(CCC#N)C(=O)Cc2c(C)nn(-c3ccc(Cl)cc3)c2C)cc1. The number of ether oxygens (including phenoxy) is 1. The second kappa shape index (κ2) is 10.1. The van der Waals surface area contributed by atoms with Gasteiger partial charge in [0.05, 0.1) is 36.9 Å². The Balaban J connectivity index is 1.86. The van der Waals surface area contributed by atoms with E-state index in [0.717, 1.165) is 34.1 Å². The van der Waals surface area contributed by atoms with Gasteiger partial charge in [-0.25, -0.2) is 4.68 Å². The van der Waals surface area contributed by atoms with Crippen molar-refractivity contribution in [3.8, 4) is 17.5 Å². The van der Waals surface area contributed by atoms with Gasteiger partial charge in [-0.3, -0.25) is 4.79 Å². The number of nitrogens with zero attached hydrogens (tertiary/aromatic N) is 4. The number of amides is 1. The largest absolute Gasteiger partial charge is 0.494 e. The molecule has 0 saturated carbocycles. The fourth-order valence-electron chi connectivity index (χ4n) is 3.46. The first kappa shape index (κ1) is 22.4. The topological polar surface area (TPSA) is 71.2 Å². The fraction of sp³-hybridized carbons (Fsp3) is 0.292. The maximum absolute atomic E-state index is 13.3. The molecule has 3 rings (SSSR count). The summed E-state index contributed by atoms with van der Waals surface area (Å²) in [6.07, 6.45) is 0.449. The maximum atomic E-state index is 13.3. The van der Waals surface area contributed by atoms with Crippen LogP contribution in [0.15, 0.2) is 48.5 Å². The van der Waals surface area contributed by atoms with Gasteiger partial charge in [0.15, 0.2) is 0 Å². The van der Waals surface area contributed by atoms with E-state index in [2.05, 4.69) is 11.2 Å². The van der Waals surface area contributed by atoms with Gasteiger partial charge in [0.2, 0.25) is 5.91 Å². The Morgan fingerprint density at radius 3 is 2.45 bits per heavy atom. The summed E-state index contributed by atoms with van der Waals surface area (Å²) in [6, 6.07) is 16.9. The van der Waals surface area contributed by atoms with Gasteiger partial charge in [-0.15, -0.1) is 0 Å². The van der Waals surface area contributed by atoms with Crippen LogP contribution < -0.4 is 9.64 Å². The van der Waals surface area contributed by atoms with Crippen LogP contribution in [0.5, 0.6) is 5.75 Å². The molecular weight excluding hydrogens is 412 g/mol. The minimum atomic E-state index is -0.0822. The quantitative estimate of drug-likeness (QED) is 0.496. The molecule has 7 heteroatoms. The van der Waals surface area contributed by atoms with Crippen molar-refractivity contribution in [2.75, 3.05) is 18.1 Å². The van der Waals surface area contributed by atoms with E-state index < -0.39 is 0 Å². The van der Waals surface area contributed by atoms with Crippen LogP contribution in [0.4, 0.5) is 5.69 Å². The van der Waals surface area contributed by atoms with Gasteiger partial charge < -0.3 is 9.64 Å². The lowest BCUT2D eigenvalue weighted by Crippen LogP contribution is -2.33. The summed E-state index contributed by atoms with van der Waals surface area (Å²) < 4.78 is 7.31. The van der Waals surface area contributed by atoms with Crippen molar-refractivity contribution in [1.29, 1.82) is 5.26 Å². The molecule has 0 atom stereocenters. The van der Waals surface area contributed by atoms with E-state index in [1.807, 2.05) is 74.0 Å². The van der Waals surface area contributed by atoms with Crippen molar-refractivity contribution in [3.05, 3.63) is 70.5 Å². The summed E-state index contributed by atoms with van der Waals surface area (Å²) in [5.74, 6) is 0.663. The molecule has 0 radical (unpaired) electrons. The second-order valence-corrected chi connectivity index (χ2v) is 7.53. The predicted octanol–water partition coefficient (Wildman–Crippen LogP) is 5.03. The van der Waals surface area contributed by atoms with Crippen LogP contribution in [0.25, 0.3) is 5.69 Å². The van der Waals surface area contributed by atoms with E-state index in [0.29, 0.717) is 18.2 Å². The molecule has 0 N–H and O–H groups in total. The average molecular weight is 437 g/mol. The average Bonchev–Trinajstić information content (AvgIpc) is 3.04. The zero-order valence-corrected chi connectivity index (χ0v) is 18.7. The molecule has 0 unspecified atom stereocenters. The van der Waals surface area contributed by atoms with Crippen LogP contribution in [0.2, 0.25) is 5.02 Å². The van der Waals surface area contributed by atoms with Crippen molar-refractivity contribution >= 4 is 23.2 Å². The monoisotopic (exact) mass is 436 g/mol. The Kier molecular flexibility index (Phi) is 7.32. The van der Waals surface area contributed by atoms with Gasteiger partial charge in [-0.1, -0.05) is 11.6 Å². The maximum Gasteiger partial charge on any atom is 0.231 e. The first-order valence-electron chi connectivity index (χ1n) is 10.2.